The monoisotopic (exact) mass is 693 g/mol. The molecule has 50 heavy (non-hydrogen) atoms. The van der Waals surface area contributed by atoms with Crippen LogP contribution < -0.4 is 15.9 Å². The fourth-order valence-corrected chi connectivity index (χ4v) is 12.1. The molecule has 0 unspecified atom stereocenters. The Morgan fingerprint density at radius 3 is 1.56 bits per heavy atom. The van der Waals surface area contributed by atoms with Gasteiger partial charge in [-0.2, -0.15) is 0 Å². The summed E-state index contributed by atoms with van der Waals surface area (Å²) in [5.41, 5.74) is 5.35. The number of aromatic nitrogens is 1. The minimum absolute atomic E-state index is 0.810. The molecule has 2 nitrogen and oxygen atoms in total. The summed E-state index contributed by atoms with van der Waals surface area (Å²) >= 11 is 3.69. The van der Waals surface area contributed by atoms with Gasteiger partial charge in [-0.05, 0) is 77.9 Å². The molecule has 0 aliphatic heterocycles. The first kappa shape index (κ1) is 29.5. The lowest BCUT2D eigenvalue weighted by Crippen LogP contribution is -2.24. The molecule has 3 heterocycles. The molecule has 0 bridgehead atoms. The Morgan fingerprint density at radius 2 is 0.920 bits per heavy atom. The average Bonchev–Trinajstić information content (AvgIpc) is 3.75. The van der Waals surface area contributed by atoms with Crippen LogP contribution >= 0.6 is 29.8 Å². The smallest absolute Gasteiger partial charge is 0.171 e. The number of nitrogens with zero attached hydrogens (tertiary/aromatic N) is 1. The van der Waals surface area contributed by atoms with E-state index in [1.54, 1.807) is 0 Å². The minimum atomic E-state index is -3.07. The number of fused-ring (bicyclic) bond motifs is 7. The van der Waals surface area contributed by atoms with Crippen molar-refractivity contribution < 1.29 is 4.57 Å². The van der Waals surface area contributed by atoms with Crippen LogP contribution in [0.2, 0.25) is 0 Å². The largest absolute Gasteiger partial charge is 0.309 e. The molecule has 10 aromatic rings. The van der Waals surface area contributed by atoms with Gasteiger partial charge >= 0.3 is 0 Å². The second-order valence-electron chi connectivity index (χ2n) is 12.7. The zero-order valence-corrected chi connectivity index (χ0v) is 29.3. The van der Waals surface area contributed by atoms with Gasteiger partial charge in [0.2, 0.25) is 0 Å². The lowest BCUT2D eigenvalue weighted by molar-refractivity contribution is 0.592. The first-order valence-electron chi connectivity index (χ1n) is 16.6. The van der Waals surface area contributed by atoms with Crippen LogP contribution in [0.4, 0.5) is 0 Å². The van der Waals surface area contributed by atoms with Crippen molar-refractivity contribution in [3.8, 4) is 22.4 Å². The highest BCUT2D eigenvalue weighted by Crippen LogP contribution is 2.44. The van der Waals surface area contributed by atoms with E-state index in [0.717, 1.165) is 38.1 Å². The van der Waals surface area contributed by atoms with Crippen LogP contribution in [0.5, 0.6) is 0 Å². The normalized spacial score (nSPS) is 12.1. The first-order valence-corrected chi connectivity index (χ1v) is 20.0. The predicted molar refractivity (Wildman–Crippen MR) is 218 cm³/mol. The van der Waals surface area contributed by atoms with Crippen LogP contribution in [0.15, 0.2) is 170 Å². The third-order valence-electron chi connectivity index (χ3n) is 9.75. The average molecular weight is 694 g/mol. The van der Waals surface area contributed by atoms with Gasteiger partial charge in [-0.15, -0.1) is 22.7 Å². The summed E-state index contributed by atoms with van der Waals surface area (Å²) in [4.78, 5) is 5.11. The molecule has 7 aromatic carbocycles. The number of pyridine rings is 1. The van der Waals surface area contributed by atoms with E-state index in [0.29, 0.717) is 0 Å². The van der Waals surface area contributed by atoms with E-state index in [1.807, 2.05) is 95.5 Å². The molecule has 0 saturated heterocycles. The summed E-state index contributed by atoms with van der Waals surface area (Å²) in [6.07, 6.45) is 0. The Bertz CT molecular complexity index is 2920. The topological polar surface area (TPSA) is 30.0 Å². The number of hydrogen-bond donors (Lipinski definition) is 0. The van der Waals surface area contributed by atoms with E-state index in [9.17, 15) is 4.57 Å². The van der Waals surface area contributed by atoms with Crippen LogP contribution in [0, 0.1) is 0 Å². The molecular weight excluding hydrogens is 666 g/mol. The SMILES string of the molecule is O=P(c1ccccc1)(c1ccccc1)c1ccc2nc(-c3ccc4sc5ccc(-c6ccc7sc8ccccc8c7c6)cc5c4c3)ccc2c1. The molecule has 0 radical (unpaired) electrons. The van der Waals surface area contributed by atoms with Crippen molar-refractivity contribution >= 4 is 97.0 Å². The van der Waals surface area contributed by atoms with E-state index in [4.69, 9.17) is 4.98 Å². The molecule has 5 heteroatoms. The molecule has 0 aliphatic rings. The molecule has 0 aliphatic carbocycles. The molecule has 10 rings (SSSR count). The van der Waals surface area contributed by atoms with Crippen molar-refractivity contribution in [2.45, 2.75) is 0 Å². The van der Waals surface area contributed by atoms with Gasteiger partial charge in [-0.25, -0.2) is 4.98 Å². The van der Waals surface area contributed by atoms with E-state index in [-0.39, 0.29) is 0 Å². The Balaban J connectivity index is 1.04. The maximum Gasteiger partial charge on any atom is 0.171 e. The summed E-state index contributed by atoms with van der Waals surface area (Å²) in [6.45, 7) is 0. The maximum absolute atomic E-state index is 14.9. The van der Waals surface area contributed by atoms with Gasteiger partial charge in [0.25, 0.3) is 0 Å². The number of benzene rings is 7. The van der Waals surface area contributed by atoms with Gasteiger partial charge in [0.05, 0.1) is 11.2 Å². The molecule has 0 fully saturated rings. The summed E-state index contributed by atoms with van der Waals surface area (Å²) in [7, 11) is -3.07. The maximum atomic E-state index is 14.9. The van der Waals surface area contributed by atoms with E-state index in [2.05, 4.69) is 97.1 Å². The zero-order chi connectivity index (χ0) is 33.2. The predicted octanol–water partition coefficient (Wildman–Crippen LogP) is 11.9. The molecule has 0 spiro atoms. The lowest BCUT2D eigenvalue weighted by Gasteiger charge is -2.20. The molecule has 236 valence electrons. The quantitative estimate of drug-likeness (QED) is 0.168. The van der Waals surface area contributed by atoms with E-state index < -0.39 is 7.14 Å². The third kappa shape index (κ3) is 4.75. The Labute approximate surface area is 297 Å². The molecule has 3 aromatic heterocycles. The van der Waals surface area contributed by atoms with Crippen LogP contribution in [0.3, 0.4) is 0 Å². The van der Waals surface area contributed by atoms with Gasteiger partial charge in [-0.3, -0.25) is 0 Å². The fraction of sp³-hybridized carbons (Fsp3) is 0. The lowest BCUT2D eigenvalue weighted by atomic mass is 10.00. The van der Waals surface area contributed by atoms with Crippen molar-refractivity contribution in [1.82, 2.24) is 4.98 Å². The Kier molecular flexibility index (Phi) is 6.86. The number of thiophene rings is 2. The minimum Gasteiger partial charge on any atom is -0.309 e. The molecule has 0 amide bonds. The van der Waals surface area contributed by atoms with Gasteiger partial charge < -0.3 is 4.57 Å². The summed E-state index contributed by atoms with van der Waals surface area (Å²) in [5.74, 6) is 0. The number of rotatable bonds is 5. The summed E-state index contributed by atoms with van der Waals surface area (Å²) < 4.78 is 20.1. The third-order valence-corrected chi connectivity index (χ3v) is 15.1. The summed E-state index contributed by atoms with van der Waals surface area (Å²) in [6, 6.07) is 59.0. The van der Waals surface area contributed by atoms with E-state index >= 15 is 0 Å². The van der Waals surface area contributed by atoms with Gasteiger partial charge in [0.1, 0.15) is 0 Å². The fourth-order valence-electron chi connectivity index (χ4n) is 7.21. The highest BCUT2D eigenvalue weighted by Gasteiger charge is 2.29. The van der Waals surface area contributed by atoms with Gasteiger partial charge in [-0.1, -0.05) is 103 Å². The second-order valence-corrected chi connectivity index (χ2v) is 17.6. The molecule has 0 saturated carbocycles. The summed E-state index contributed by atoms with van der Waals surface area (Å²) in [5, 5.41) is 8.59. The molecule has 0 atom stereocenters. The Hall–Kier alpha value is -5.38. The van der Waals surface area contributed by atoms with Gasteiger partial charge in [0.15, 0.2) is 7.14 Å². The first-order chi connectivity index (χ1) is 24.6. The van der Waals surface area contributed by atoms with Crippen LogP contribution in [-0.2, 0) is 4.57 Å². The van der Waals surface area contributed by atoms with Gasteiger partial charge in [0, 0.05) is 67.2 Å². The van der Waals surface area contributed by atoms with Crippen LogP contribution in [-0.4, -0.2) is 4.98 Å². The van der Waals surface area contributed by atoms with Crippen molar-refractivity contribution in [2.75, 3.05) is 0 Å². The second kappa shape index (κ2) is 11.6. The molecular formula is C45H28NOPS2. The van der Waals surface area contributed by atoms with Crippen molar-refractivity contribution in [2.24, 2.45) is 0 Å². The number of hydrogen-bond acceptors (Lipinski definition) is 4. The van der Waals surface area contributed by atoms with Crippen LogP contribution in [0.1, 0.15) is 0 Å². The van der Waals surface area contributed by atoms with Crippen molar-refractivity contribution in [3.05, 3.63) is 170 Å². The van der Waals surface area contributed by atoms with Crippen molar-refractivity contribution in [1.29, 1.82) is 0 Å². The highest BCUT2D eigenvalue weighted by molar-refractivity contribution is 7.85. The highest BCUT2D eigenvalue weighted by atomic mass is 32.1. The Morgan fingerprint density at radius 1 is 0.400 bits per heavy atom. The van der Waals surface area contributed by atoms with Crippen LogP contribution in [0.25, 0.3) is 73.6 Å². The standard InChI is InChI=1S/C45H28NOPS2/c47-48(33-9-3-1-4-10-33,34-11-5-2-6-12-34)35-19-21-41-31(25-35)15-20-40(46-41)32-18-24-45-39(28-32)38-27-30(17-23-44(38)50-45)29-16-22-43-37(26-29)36-13-7-8-14-42(36)49-43/h1-28H. The molecule has 0 N–H and O–H groups in total. The van der Waals surface area contributed by atoms with Crippen molar-refractivity contribution in [3.63, 3.8) is 0 Å². The zero-order valence-electron chi connectivity index (χ0n) is 26.8. The van der Waals surface area contributed by atoms with E-state index in [1.165, 1.54) is 51.5 Å².